The number of aromatic carboxylic acids is 2. The minimum Gasteiger partial charge on any atom is -0.478 e. The van der Waals surface area contributed by atoms with Gasteiger partial charge in [-0.2, -0.15) is 0 Å². The van der Waals surface area contributed by atoms with Crippen LogP contribution in [0.25, 0.3) is 0 Å². The van der Waals surface area contributed by atoms with Crippen molar-refractivity contribution >= 4 is 11.9 Å². The predicted octanol–water partition coefficient (Wildman–Crippen LogP) is 1.08. The Morgan fingerprint density at radius 3 is 1.67 bits per heavy atom. The van der Waals surface area contributed by atoms with E-state index in [2.05, 4.69) is 0 Å². The van der Waals surface area contributed by atoms with Gasteiger partial charge in [0.2, 0.25) is 0 Å². The lowest BCUT2D eigenvalue weighted by Crippen LogP contribution is -2.06. The number of carboxylic acid groups (broad SMARTS) is 2. The van der Waals surface area contributed by atoms with E-state index in [9.17, 15) is 9.59 Å². The van der Waals surface area contributed by atoms with Gasteiger partial charge < -0.3 is 10.2 Å². The fraction of sp³-hybridized carbons (Fsp3) is 0. The monoisotopic (exact) mass is 170 g/mol. The van der Waals surface area contributed by atoms with Crippen LogP contribution in [0.3, 0.4) is 0 Å². The first kappa shape index (κ1) is 4.25. The standard InChI is InChI=1S/C8H6O4/c9-7(10)5-3-1-2-4-6(5)8(11)12/h1-4H,(H,9,10)(H,11,12)/i1D,2D,3D,4D. The molecule has 0 aliphatic carbocycles. The van der Waals surface area contributed by atoms with E-state index in [1.54, 1.807) is 0 Å². The molecule has 1 rings (SSSR count). The third-order valence-corrected chi connectivity index (χ3v) is 1.12. The quantitative estimate of drug-likeness (QED) is 0.696. The number of hydrogen-bond donors (Lipinski definition) is 2. The highest BCUT2D eigenvalue weighted by Gasteiger charge is 2.13. The van der Waals surface area contributed by atoms with Crippen molar-refractivity contribution in [3.05, 3.63) is 35.3 Å². The van der Waals surface area contributed by atoms with Gasteiger partial charge >= 0.3 is 11.9 Å². The summed E-state index contributed by atoms with van der Waals surface area (Å²) in [5.74, 6) is -3.41. The predicted molar refractivity (Wildman–Crippen MR) is 40.4 cm³/mol. The van der Waals surface area contributed by atoms with E-state index in [1.807, 2.05) is 0 Å². The Kier molecular flexibility index (Phi) is 1.08. The average Bonchev–Trinajstić information content (AvgIpc) is 2.18. The highest BCUT2D eigenvalue weighted by molar-refractivity contribution is 6.01. The molecule has 0 aliphatic heterocycles. The molecule has 0 aliphatic rings. The molecule has 0 saturated heterocycles. The van der Waals surface area contributed by atoms with E-state index in [-0.39, 0.29) is 0 Å². The summed E-state index contributed by atoms with van der Waals surface area (Å²) in [6, 6.07) is -3.28. The first-order valence-electron chi connectivity index (χ1n) is 4.86. The van der Waals surface area contributed by atoms with E-state index >= 15 is 0 Å². The average molecular weight is 170 g/mol. The Hall–Kier alpha value is -1.84. The van der Waals surface area contributed by atoms with E-state index in [1.165, 1.54) is 0 Å². The molecule has 0 amide bonds. The highest BCUT2D eigenvalue weighted by Crippen LogP contribution is 2.07. The van der Waals surface area contributed by atoms with Crippen LogP contribution < -0.4 is 0 Å². The maximum absolute atomic E-state index is 10.8. The molecule has 0 heterocycles. The Labute approximate surface area is 73.7 Å². The molecule has 0 spiro atoms. The van der Waals surface area contributed by atoms with Crippen molar-refractivity contribution in [2.24, 2.45) is 0 Å². The normalized spacial score (nSPS) is 14.0. The summed E-state index contributed by atoms with van der Waals surface area (Å²) >= 11 is 0. The molecule has 1 aromatic rings. The molecule has 1 aromatic carbocycles. The van der Waals surface area contributed by atoms with Gasteiger partial charge in [-0.25, -0.2) is 9.59 Å². The molecule has 0 radical (unpaired) electrons. The fourth-order valence-corrected chi connectivity index (χ4v) is 0.633. The smallest absolute Gasteiger partial charge is 0.336 e. The van der Waals surface area contributed by atoms with Gasteiger partial charge in [0.25, 0.3) is 0 Å². The molecule has 0 saturated carbocycles. The van der Waals surface area contributed by atoms with Crippen LogP contribution in [0.5, 0.6) is 0 Å². The van der Waals surface area contributed by atoms with E-state index in [4.69, 9.17) is 15.7 Å². The van der Waals surface area contributed by atoms with Gasteiger partial charge in [0, 0.05) is 0 Å². The minimum absolute atomic E-state index is 0.771. The van der Waals surface area contributed by atoms with Crippen molar-refractivity contribution in [2.45, 2.75) is 0 Å². The lowest BCUT2D eigenvalue weighted by Gasteiger charge is -1.98. The zero-order valence-electron chi connectivity index (χ0n) is 9.71. The van der Waals surface area contributed by atoms with Crippen LogP contribution in [0.1, 0.15) is 26.2 Å². The van der Waals surface area contributed by atoms with Crippen LogP contribution in [-0.2, 0) is 0 Å². The molecule has 2 N–H and O–H groups in total. The molecule has 0 atom stereocenters. The second kappa shape index (κ2) is 3.04. The summed E-state index contributed by atoms with van der Waals surface area (Å²) in [5, 5.41) is 17.4. The summed E-state index contributed by atoms with van der Waals surface area (Å²) in [6.07, 6.45) is 0. The van der Waals surface area contributed by atoms with Crippen LogP contribution in [-0.4, -0.2) is 22.2 Å². The van der Waals surface area contributed by atoms with Crippen LogP contribution in [0.15, 0.2) is 24.2 Å². The van der Waals surface area contributed by atoms with Gasteiger partial charge in [0.15, 0.2) is 0 Å². The van der Waals surface area contributed by atoms with Gasteiger partial charge in [-0.3, -0.25) is 0 Å². The summed E-state index contributed by atoms with van der Waals surface area (Å²) in [5.41, 5.74) is -1.86. The number of rotatable bonds is 2. The molecule has 0 unspecified atom stereocenters. The lowest BCUT2D eigenvalue weighted by molar-refractivity contribution is 0.0651. The Morgan fingerprint density at radius 1 is 1.08 bits per heavy atom. The van der Waals surface area contributed by atoms with Crippen molar-refractivity contribution in [1.29, 1.82) is 0 Å². The van der Waals surface area contributed by atoms with Crippen LogP contribution >= 0.6 is 0 Å². The Morgan fingerprint density at radius 2 is 1.42 bits per heavy atom. The van der Waals surface area contributed by atoms with Gasteiger partial charge in [0.05, 0.1) is 16.6 Å². The van der Waals surface area contributed by atoms with Crippen molar-refractivity contribution in [3.8, 4) is 0 Å². The molecule has 4 nitrogen and oxygen atoms in total. The summed E-state index contributed by atoms with van der Waals surface area (Å²) in [7, 11) is 0. The fourth-order valence-electron chi connectivity index (χ4n) is 0.633. The first-order valence-corrected chi connectivity index (χ1v) is 2.86. The molecule has 62 valence electrons. The Bertz CT molecular complexity index is 453. The van der Waals surface area contributed by atoms with Crippen LogP contribution in [0.4, 0.5) is 0 Å². The number of carbonyl (C=O) groups is 2. The van der Waals surface area contributed by atoms with E-state index < -0.39 is 47.2 Å². The zero-order valence-corrected chi connectivity index (χ0v) is 5.71. The summed E-state index contributed by atoms with van der Waals surface area (Å²) in [6.45, 7) is 0. The third kappa shape index (κ3) is 1.42. The third-order valence-electron chi connectivity index (χ3n) is 1.12. The second-order valence-electron chi connectivity index (χ2n) is 1.86. The van der Waals surface area contributed by atoms with Crippen molar-refractivity contribution in [1.82, 2.24) is 0 Å². The van der Waals surface area contributed by atoms with Gasteiger partial charge in [-0.05, 0) is 12.1 Å². The minimum atomic E-state index is -1.70. The maximum Gasteiger partial charge on any atom is 0.336 e. The SMILES string of the molecule is [2H]c1c([2H])c([2H])c(C(=O)O)c(C(=O)O)c1[2H]. The number of benzene rings is 1. The van der Waals surface area contributed by atoms with Crippen LogP contribution in [0.2, 0.25) is 0 Å². The van der Waals surface area contributed by atoms with Gasteiger partial charge in [-0.15, -0.1) is 0 Å². The van der Waals surface area contributed by atoms with Crippen LogP contribution in [0, 0.1) is 0 Å². The zero-order chi connectivity index (χ0) is 12.6. The van der Waals surface area contributed by atoms with Crippen molar-refractivity contribution in [2.75, 3.05) is 0 Å². The maximum atomic E-state index is 10.8. The van der Waals surface area contributed by atoms with Gasteiger partial charge in [-0.1, -0.05) is 12.1 Å². The van der Waals surface area contributed by atoms with Crippen molar-refractivity contribution in [3.63, 3.8) is 0 Å². The molecule has 0 aromatic heterocycles. The van der Waals surface area contributed by atoms with Gasteiger partial charge in [0.1, 0.15) is 0 Å². The molecular formula is C8H6O4. The van der Waals surface area contributed by atoms with E-state index in [0.29, 0.717) is 0 Å². The summed E-state index contributed by atoms with van der Waals surface area (Å²) in [4.78, 5) is 21.5. The molecule has 0 fully saturated rings. The molecule has 0 bridgehead atoms. The molecule has 4 heteroatoms. The second-order valence-corrected chi connectivity index (χ2v) is 1.86. The largest absolute Gasteiger partial charge is 0.478 e. The molecular weight excluding hydrogens is 160 g/mol. The summed E-state index contributed by atoms with van der Waals surface area (Å²) < 4.78 is 28.9. The number of carboxylic acids is 2. The highest BCUT2D eigenvalue weighted by atomic mass is 16.4. The lowest BCUT2D eigenvalue weighted by atomic mass is 10.1. The first-order chi connectivity index (χ1) is 7.29. The molecule has 12 heavy (non-hydrogen) atoms. The topological polar surface area (TPSA) is 74.6 Å². The number of hydrogen-bond acceptors (Lipinski definition) is 2. The Balaban J connectivity index is 3.83. The van der Waals surface area contributed by atoms with Crippen molar-refractivity contribution < 1.29 is 25.3 Å². The van der Waals surface area contributed by atoms with E-state index in [0.717, 1.165) is 0 Å².